The lowest BCUT2D eigenvalue weighted by Gasteiger charge is -2.16. The second-order valence-corrected chi connectivity index (χ2v) is 5.81. The van der Waals surface area contributed by atoms with Crippen LogP contribution < -0.4 is 0 Å². The van der Waals surface area contributed by atoms with Gasteiger partial charge in [-0.05, 0) is 37.0 Å². The molecule has 0 bridgehead atoms. The molecule has 2 heterocycles. The smallest absolute Gasteiger partial charge is 0.0433 e. The topological polar surface area (TPSA) is 28.1 Å². The van der Waals surface area contributed by atoms with E-state index in [1.807, 2.05) is 0 Å². The summed E-state index contributed by atoms with van der Waals surface area (Å²) in [7, 11) is 0. The Hall–Kier alpha value is -1.31. The van der Waals surface area contributed by atoms with Gasteiger partial charge < -0.3 is 4.98 Å². The zero-order valence-corrected chi connectivity index (χ0v) is 12.2. The van der Waals surface area contributed by atoms with Gasteiger partial charge >= 0.3 is 0 Å². The zero-order chi connectivity index (χ0) is 13.3. The fourth-order valence-corrected chi connectivity index (χ4v) is 2.61. The van der Waals surface area contributed by atoms with Gasteiger partial charge in [0.05, 0.1) is 0 Å². The molecule has 1 aliphatic heterocycles. The quantitative estimate of drug-likeness (QED) is 0.818. The van der Waals surface area contributed by atoms with Gasteiger partial charge in [0.25, 0.3) is 0 Å². The molecule has 0 saturated heterocycles. The van der Waals surface area contributed by atoms with Gasteiger partial charge in [0, 0.05) is 35.1 Å². The molecule has 2 heteroatoms. The molecule has 0 radical (unpaired) electrons. The van der Waals surface area contributed by atoms with Crippen molar-refractivity contribution in [1.29, 1.82) is 0 Å². The van der Waals surface area contributed by atoms with Crippen LogP contribution in [0.4, 0.5) is 0 Å². The molecule has 0 fully saturated rings. The number of rotatable bonds is 3. The normalized spacial score (nSPS) is 20.5. The van der Waals surface area contributed by atoms with Crippen LogP contribution in [-0.2, 0) is 12.8 Å². The fraction of sp³-hybridized carbons (Fsp3) is 0.562. The van der Waals surface area contributed by atoms with Gasteiger partial charge in [-0.1, -0.05) is 27.7 Å². The SMILES string of the molecule is CCc1c[nH]c(/C=C2/CC(C)(C)C(C)=N2)c1CC. The molecule has 0 saturated carbocycles. The number of hydrogen-bond acceptors (Lipinski definition) is 1. The molecule has 18 heavy (non-hydrogen) atoms. The van der Waals surface area contributed by atoms with E-state index >= 15 is 0 Å². The van der Waals surface area contributed by atoms with Crippen molar-refractivity contribution in [3.8, 4) is 0 Å². The first-order chi connectivity index (χ1) is 8.47. The Morgan fingerprint density at radius 1 is 1.33 bits per heavy atom. The van der Waals surface area contributed by atoms with Crippen molar-refractivity contribution in [3.05, 3.63) is 28.7 Å². The van der Waals surface area contributed by atoms with Crippen LogP contribution in [0.1, 0.15) is 57.9 Å². The zero-order valence-electron chi connectivity index (χ0n) is 12.2. The predicted molar refractivity (Wildman–Crippen MR) is 79.0 cm³/mol. The summed E-state index contributed by atoms with van der Waals surface area (Å²) in [6.07, 6.45) is 7.59. The van der Waals surface area contributed by atoms with Gasteiger partial charge in [0.2, 0.25) is 0 Å². The predicted octanol–water partition coefficient (Wildman–Crippen LogP) is 4.37. The van der Waals surface area contributed by atoms with Gasteiger partial charge in [-0.15, -0.1) is 0 Å². The third-order valence-corrected chi connectivity index (χ3v) is 4.07. The summed E-state index contributed by atoms with van der Waals surface area (Å²) in [4.78, 5) is 8.10. The highest BCUT2D eigenvalue weighted by Crippen LogP contribution is 2.35. The number of aryl methyl sites for hydroxylation is 1. The van der Waals surface area contributed by atoms with Crippen LogP contribution in [0.15, 0.2) is 16.9 Å². The molecule has 1 N–H and O–H groups in total. The third kappa shape index (κ3) is 2.29. The lowest BCUT2D eigenvalue weighted by atomic mass is 9.86. The molecule has 0 aliphatic carbocycles. The Balaban J connectivity index is 2.33. The van der Waals surface area contributed by atoms with E-state index in [1.54, 1.807) is 0 Å². The number of aromatic nitrogens is 1. The minimum Gasteiger partial charge on any atom is -0.361 e. The molecule has 1 aromatic heterocycles. The van der Waals surface area contributed by atoms with Crippen molar-refractivity contribution in [2.45, 2.75) is 53.9 Å². The largest absolute Gasteiger partial charge is 0.361 e. The van der Waals surface area contributed by atoms with Crippen molar-refractivity contribution in [1.82, 2.24) is 4.98 Å². The van der Waals surface area contributed by atoms with E-state index in [0.717, 1.165) is 19.3 Å². The van der Waals surface area contributed by atoms with Gasteiger partial charge in [-0.2, -0.15) is 0 Å². The van der Waals surface area contributed by atoms with E-state index in [9.17, 15) is 0 Å². The standard InChI is InChI=1S/C16H24N2/c1-6-12-10-17-15(14(12)7-2)8-13-9-16(4,5)11(3)18-13/h8,10,17H,6-7,9H2,1-5H3/b13-8-. The number of aliphatic imine (C=N–C) groups is 1. The molecule has 0 amide bonds. The van der Waals surface area contributed by atoms with Crippen molar-refractivity contribution in [2.75, 3.05) is 0 Å². The van der Waals surface area contributed by atoms with E-state index in [-0.39, 0.29) is 5.41 Å². The molecule has 1 aromatic rings. The molecule has 1 aliphatic rings. The van der Waals surface area contributed by atoms with Crippen LogP contribution in [0.3, 0.4) is 0 Å². The highest BCUT2D eigenvalue weighted by molar-refractivity contribution is 5.91. The number of allylic oxidation sites excluding steroid dienone is 1. The van der Waals surface area contributed by atoms with E-state index in [4.69, 9.17) is 4.99 Å². The molecule has 2 rings (SSSR count). The maximum Gasteiger partial charge on any atom is 0.0433 e. The summed E-state index contributed by atoms with van der Waals surface area (Å²) in [5.41, 5.74) is 6.80. The summed E-state index contributed by atoms with van der Waals surface area (Å²) in [5, 5.41) is 0. The summed E-state index contributed by atoms with van der Waals surface area (Å²) in [6.45, 7) is 11.1. The Morgan fingerprint density at radius 3 is 2.56 bits per heavy atom. The summed E-state index contributed by atoms with van der Waals surface area (Å²) in [6, 6.07) is 0. The van der Waals surface area contributed by atoms with E-state index < -0.39 is 0 Å². The number of H-pyrrole nitrogens is 1. The Kier molecular flexibility index (Phi) is 3.47. The second kappa shape index (κ2) is 4.75. The van der Waals surface area contributed by atoms with Crippen LogP contribution in [0.2, 0.25) is 0 Å². The Morgan fingerprint density at radius 2 is 2.06 bits per heavy atom. The number of nitrogens with zero attached hydrogens (tertiary/aromatic N) is 1. The third-order valence-electron chi connectivity index (χ3n) is 4.07. The van der Waals surface area contributed by atoms with Crippen molar-refractivity contribution >= 4 is 11.8 Å². The van der Waals surface area contributed by atoms with Crippen molar-refractivity contribution < 1.29 is 0 Å². The van der Waals surface area contributed by atoms with E-state index in [1.165, 1.54) is 28.2 Å². The average molecular weight is 244 g/mol. The van der Waals surface area contributed by atoms with Gasteiger partial charge in [-0.25, -0.2) is 0 Å². The second-order valence-electron chi connectivity index (χ2n) is 5.81. The van der Waals surface area contributed by atoms with Gasteiger partial charge in [0.15, 0.2) is 0 Å². The Labute approximate surface area is 110 Å². The van der Waals surface area contributed by atoms with Gasteiger partial charge in [-0.3, -0.25) is 4.99 Å². The molecule has 0 spiro atoms. The van der Waals surface area contributed by atoms with Crippen LogP contribution in [0, 0.1) is 5.41 Å². The van der Waals surface area contributed by atoms with Crippen LogP contribution in [0.25, 0.3) is 6.08 Å². The first-order valence-electron chi connectivity index (χ1n) is 6.93. The minimum atomic E-state index is 0.221. The molecule has 0 atom stereocenters. The Bertz CT molecular complexity index is 501. The monoisotopic (exact) mass is 244 g/mol. The van der Waals surface area contributed by atoms with Crippen LogP contribution >= 0.6 is 0 Å². The average Bonchev–Trinajstić information content (AvgIpc) is 2.80. The summed E-state index contributed by atoms with van der Waals surface area (Å²) in [5.74, 6) is 0. The lowest BCUT2D eigenvalue weighted by Crippen LogP contribution is -2.15. The maximum atomic E-state index is 4.70. The van der Waals surface area contributed by atoms with Crippen molar-refractivity contribution in [3.63, 3.8) is 0 Å². The molecule has 0 aromatic carbocycles. The van der Waals surface area contributed by atoms with E-state index in [2.05, 4.69) is 51.9 Å². The number of nitrogens with one attached hydrogen (secondary N) is 1. The molecular formula is C16H24N2. The maximum absolute atomic E-state index is 4.70. The first kappa shape index (κ1) is 13.1. The summed E-state index contributed by atoms with van der Waals surface area (Å²) >= 11 is 0. The molecule has 0 unspecified atom stereocenters. The van der Waals surface area contributed by atoms with E-state index in [0.29, 0.717) is 0 Å². The summed E-state index contributed by atoms with van der Waals surface area (Å²) < 4.78 is 0. The highest BCUT2D eigenvalue weighted by atomic mass is 14.8. The van der Waals surface area contributed by atoms with Gasteiger partial charge in [0.1, 0.15) is 0 Å². The van der Waals surface area contributed by atoms with Crippen molar-refractivity contribution in [2.24, 2.45) is 10.4 Å². The van der Waals surface area contributed by atoms with Crippen LogP contribution in [0.5, 0.6) is 0 Å². The van der Waals surface area contributed by atoms with Crippen LogP contribution in [-0.4, -0.2) is 10.7 Å². The lowest BCUT2D eigenvalue weighted by molar-refractivity contribution is 0.540. The minimum absolute atomic E-state index is 0.221. The number of aromatic amines is 1. The number of hydrogen-bond donors (Lipinski definition) is 1. The molecule has 2 nitrogen and oxygen atoms in total. The first-order valence-corrected chi connectivity index (χ1v) is 6.93. The molecular weight excluding hydrogens is 220 g/mol. The molecule has 98 valence electrons. The highest BCUT2D eigenvalue weighted by Gasteiger charge is 2.29. The fourth-order valence-electron chi connectivity index (χ4n) is 2.61.